The van der Waals surface area contributed by atoms with Gasteiger partial charge in [-0.2, -0.15) is 0 Å². The number of ether oxygens (including phenoxy) is 3. The summed E-state index contributed by atoms with van der Waals surface area (Å²) in [5.74, 6) is -1.00. The van der Waals surface area contributed by atoms with E-state index in [1.807, 2.05) is 6.08 Å². The van der Waals surface area contributed by atoms with Gasteiger partial charge in [0.1, 0.15) is 13.2 Å². The number of hydrogen-bond donors (Lipinski definition) is 0. The minimum absolute atomic E-state index is 0.111. The first kappa shape index (κ1) is 66.3. The molecule has 0 saturated carbocycles. The summed E-state index contributed by atoms with van der Waals surface area (Å²) in [6.07, 6.45) is 77.0. The minimum atomic E-state index is -0.823. The Labute approximate surface area is 432 Å². The van der Waals surface area contributed by atoms with Crippen LogP contribution in [0.5, 0.6) is 0 Å². The second-order valence-corrected chi connectivity index (χ2v) is 19.2. The molecule has 0 saturated heterocycles. The Morgan fingerprint density at radius 1 is 0.300 bits per heavy atom. The van der Waals surface area contributed by atoms with Gasteiger partial charge in [-0.05, 0) is 109 Å². The van der Waals surface area contributed by atoms with Crippen LogP contribution in [0.15, 0.2) is 97.2 Å². The highest BCUT2D eigenvalue weighted by Crippen LogP contribution is 2.15. The molecule has 0 aromatic carbocycles. The quantitative estimate of drug-likeness (QED) is 0.0262. The molecule has 0 spiro atoms. The van der Waals surface area contributed by atoms with E-state index in [9.17, 15) is 14.4 Å². The molecule has 0 aromatic heterocycles. The average molecular weight is 974 g/mol. The summed E-state index contributed by atoms with van der Waals surface area (Å²) < 4.78 is 16.8. The van der Waals surface area contributed by atoms with Crippen molar-refractivity contribution in [2.45, 2.75) is 277 Å². The van der Waals surface area contributed by atoms with Gasteiger partial charge in [0.25, 0.3) is 0 Å². The predicted molar refractivity (Wildman–Crippen MR) is 302 cm³/mol. The number of esters is 3. The molecule has 1 unspecified atom stereocenters. The zero-order chi connectivity index (χ0) is 50.7. The van der Waals surface area contributed by atoms with Crippen LogP contribution in [-0.4, -0.2) is 37.2 Å². The molecule has 1 atom stereocenters. The number of unbranched alkanes of at least 4 members (excludes halogenated alkanes) is 25. The third kappa shape index (κ3) is 55.3. The van der Waals surface area contributed by atoms with Crippen molar-refractivity contribution < 1.29 is 28.6 Å². The number of allylic oxidation sites excluding steroid dienone is 16. The van der Waals surface area contributed by atoms with Crippen LogP contribution < -0.4 is 0 Å². The summed E-state index contributed by atoms with van der Waals surface area (Å²) in [6, 6.07) is 0. The molecule has 0 fully saturated rings. The summed E-state index contributed by atoms with van der Waals surface area (Å²) in [5.41, 5.74) is 0. The zero-order valence-corrected chi connectivity index (χ0v) is 45.8. The van der Waals surface area contributed by atoms with Crippen LogP contribution in [0.3, 0.4) is 0 Å². The molecule has 0 amide bonds. The standard InChI is InChI=1S/C64H108O6/c1-4-7-10-13-16-19-22-25-27-29-31-32-34-35-37-39-42-45-48-51-54-57-63(66)69-60-61(59-68-62(65)56-53-50-47-44-41-24-21-18-15-12-9-6-3)70-64(67)58-55-52-49-46-43-40-38-36-33-30-28-26-23-20-17-14-11-8-5-2/h8,11,17-18,20-21,26,28-29,31,33,36,40,43,49,52,61H,4-7,9-10,12-16,19,22-25,27,30,32,34-35,37-39,41-42,44-48,50-51,53-60H2,1-3H3/b11-8-,20-17-,21-18-,28-26-,31-29-,36-33-,43-40-,52-49-. The molecular weight excluding hydrogens is 865 g/mol. The second-order valence-electron chi connectivity index (χ2n) is 19.2. The summed E-state index contributed by atoms with van der Waals surface area (Å²) in [5, 5.41) is 0. The van der Waals surface area contributed by atoms with E-state index < -0.39 is 12.1 Å². The third-order valence-corrected chi connectivity index (χ3v) is 12.3. The van der Waals surface area contributed by atoms with Crippen molar-refractivity contribution in [3.05, 3.63) is 97.2 Å². The molecule has 0 rings (SSSR count). The fourth-order valence-corrected chi connectivity index (χ4v) is 7.93. The molecule has 400 valence electrons. The molecule has 0 aromatic rings. The lowest BCUT2D eigenvalue weighted by molar-refractivity contribution is -0.166. The van der Waals surface area contributed by atoms with E-state index in [-0.39, 0.29) is 31.6 Å². The lowest BCUT2D eigenvalue weighted by atomic mass is 10.1. The smallest absolute Gasteiger partial charge is 0.306 e. The van der Waals surface area contributed by atoms with Gasteiger partial charge in [-0.25, -0.2) is 0 Å². The molecule has 0 aliphatic heterocycles. The first-order chi connectivity index (χ1) is 34.5. The first-order valence-electron chi connectivity index (χ1n) is 29.2. The van der Waals surface area contributed by atoms with Crippen molar-refractivity contribution in [2.75, 3.05) is 13.2 Å². The highest BCUT2D eigenvalue weighted by molar-refractivity contribution is 5.71. The Morgan fingerprint density at radius 2 is 0.586 bits per heavy atom. The molecule has 0 bridgehead atoms. The van der Waals surface area contributed by atoms with Crippen molar-refractivity contribution in [3.63, 3.8) is 0 Å². The average Bonchev–Trinajstić information content (AvgIpc) is 3.36. The van der Waals surface area contributed by atoms with Gasteiger partial charge in [0.2, 0.25) is 0 Å². The maximum atomic E-state index is 12.8. The fourth-order valence-electron chi connectivity index (χ4n) is 7.93. The third-order valence-electron chi connectivity index (χ3n) is 12.3. The molecule has 6 heteroatoms. The SMILES string of the molecule is CC/C=C\C/C=C\C/C=C\C/C=C\C/C=C\C/C=C\CCC(=O)OC(COC(=O)CCCCCCC/C=C\CCCCC)COC(=O)CCCCCCCCCCC/C=C\CCCCCCCCCC. The second kappa shape index (κ2) is 57.9. The number of carbonyl (C=O) groups is 3. The molecule has 0 N–H and O–H groups in total. The Kier molecular flexibility index (Phi) is 54.9. The lowest BCUT2D eigenvalue weighted by Crippen LogP contribution is -2.30. The molecule has 0 aliphatic carbocycles. The van der Waals surface area contributed by atoms with E-state index in [1.165, 1.54) is 135 Å². The van der Waals surface area contributed by atoms with Gasteiger partial charge < -0.3 is 14.2 Å². The van der Waals surface area contributed by atoms with E-state index in [1.54, 1.807) is 0 Å². The van der Waals surface area contributed by atoms with E-state index >= 15 is 0 Å². The molecular formula is C64H108O6. The monoisotopic (exact) mass is 973 g/mol. The van der Waals surface area contributed by atoms with Crippen LogP contribution in [-0.2, 0) is 28.6 Å². The summed E-state index contributed by atoms with van der Waals surface area (Å²) in [6.45, 7) is 6.44. The van der Waals surface area contributed by atoms with Gasteiger partial charge in [0.15, 0.2) is 6.10 Å². The van der Waals surface area contributed by atoms with Crippen molar-refractivity contribution in [2.24, 2.45) is 0 Å². The van der Waals surface area contributed by atoms with Gasteiger partial charge in [-0.15, -0.1) is 0 Å². The van der Waals surface area contributed by atoms with Gasteiger partial charge >= 0.3 is 17.9 Å². The maximum absolute atomic E-state index is 12.8. The van der Waals surface area contributed by atoms with E-state index in [2.05, 4.69) is 112 Å². The highest BCUT2D eigenvalue weighted by atomic mass is 16.6. The van der Waals surface area contributed by atoms with Crippen LogP contribution in [0.25, 0.3) is 0 Å². The Balaban J connectivity index is 4.45. The summed E-state index contributed by atoms with van der Waals surface area (Å²) in [4.78, 5) is 38.1. The van der Waals surface area contributed by atoms with Gasteiger partial charge in [0, 0.05) is 19.3 Å². The Hall–Kier alpha value is -3.67. The normalized spacial score (nSPS) is 12.8. The molecule has 0 heterocycles. The minimum Gasteiger partial charge on any atom is -0.462 e. The summed E-state index contributed by atoms with van der Waals surface area (Å²) in [7, 11) is 0. The van der Waals surface area contributed by atoms with Gasteiger partial charge in [-0.3, -0.25) is 14.4 Å². The van der Waals surface area contributed by atoms with E-state index in [0.29, 0.717) is 19.3 Å². The van der Waals surface area contributed by atoms with Crippen molar-refractivity contribution in [3.8, 4) is 0 Å². The van der Waals surface area contributed by atoms with Crippen molar-refractivity contribution >= 4 is 17.9 Å². The number of carbonyl (C=O) groups excluding carboxylic acids is 3. The first-order valence-corrected chi connectivity index (χ1v) is 29.2. The molecule has 6 nitrogen and oxygen atoms in total. The molecule has 0 aliphatic rings. The number of hydrogen-bond acceptors (Lipinski definition) is 6. The maximum Gasteiger partial charge on any atom is 0.306 e. The lowest BCUT2D eigenvalue weighted by Gasteiger charge is -2.18. The fraction of sp³-hybridized carbons (Fsp3) is 0.703. The topological polar surface area (TPSA) is 78.9 Å². The zero-order valence-electron chi connectivity index (χ0n) is 45.8. The molecule has 0 radical (unpaired) electrons. The highest BCUT2D eigenvalue weighted by Gasteiger charge is 2.19. The van der Waals surface area contributed by atoms with Crippen molar-refractivity contribution in [1.82, 2.24) is 0 Å². The van der Waals surface area contributed by atoms with E-state index in [0.717, 1.165) is 89.9 Å². The van der Waals surface area contributed by atoms with Crippen LogP contribution in [0.2, 0.25) is 0 Å². The van der Waals surface area contributed by atoms with Crippen molar-refractivity contribution in [1.29, 1.82) is 0 Å². The largest absolute Gasteiger partial charge is 0.462 e. The van der Waals surface area contributed by atoms with Crippen LogP contribution in [0.4, 0.5) is 0 Å². The summed E-state index contributed by atoms with van der Waals surface area (Å²) >= 11 is 0. The predicted octanol–water partition coefficient (Wildman–Crippen LogP) is 19.7. The van der Waals surface area contributed by atoms with E-state index in [4.69, 9.17) is 14.2 Å². The van der Waals surface area contributed by atoms with Gasteiger partial charge in [-0.1, -0.05) is 240 Å². The van der Waals surface area contributed by atoms with Crippen LogP contribution >= 0.6 is 0 Å². The Morgan fingerprint density at radius 3 is 0.957 bits per heavy atom. The number of rotatable bonds is 52. The van der Waals surface area contributed by atoms with Crippen LogP contribution in [0.1, 0.15) is 271 Å². The molecule has 70 heavy (non-hydrogen) atoms. The van der Waals surface area contributed by atoms with Gasteiger partial charge in [0.05, 0.1) is 0 Å². The Bertz CT molecular complexity index is 1400. The van der Waals surface area contributed by atoms with Crippen LogP contribution in [0, 0.1) is 0 Å².